The highest BCUT2D eigenvalue weighted by atomic mass is 16.2. The van der Waals surface area contributed by atoms with Crippen molar-refractivity contribution >= 4 is 46.4 Å². The van der Waals surface area contributed by atoms with E-state index in [1.54, 1.807) is 26.1 Å². The molecule has 0 radical (unpaired) electrons. The lowest BCUT2D eigenvalue weighted by molar-refractivity contribution is -0.118. The van der Waals surface area contributed by atoms with E-state index >= 15 is 0 Å². The van der Waals surface area contributed by atoms with Crippen LogP contribution in [0.4, 0.5) is 5.82 Å². The molecule has 30 heavy (non-hydrogen) atoms. The number of rotatable bonds is 2. The molecule has 1 atom stereocenters. The van der Waals surface area contributed by atoms with E-state index in [4.69, 9.17) is 0 Å². The molecule has 1 unspecified atom stereocenters. The van der Waals surface area contributed by atoms with Gasteiger partial charge >= 0.3 is 0 Å². The van der Waals surface area contributed by atoms with Gasteiger partial charge in [0.05, 0.1) is 5.69 Å². The summed E-state index contributed by atoms with van der Waals surface area (Å²) in [6.07, 6.45) is 1.51. The van der Waals surface area contributed by atoms with Crippen molar-refractivity contribution < 1.29 is 9.59 Å². The third kappa shape index (κ3) is 2.87. The molecule has 148 valence electrons. The van der Waals surface area contributed by atoms with Crippen LogP contribution in [0.5, 0.6) is 0 Å². The highest BCUT2D eigenvalue weighted by Gasteiger charge is 2.35. The second kappa shape index (κ2) is 6.73. The van der Waals surface area contributed by atoms with Crippen molar-refractivity contribution in [1.29, 1.82) is 0 Å². The molecule has 2 aromatic carbocycles. The molecule has 5 rings (SSSR count). The molecule has 2 aliphatic rings. The van der Waals surface area contributed by atoms with Gasteiger partial charge in [-0.1, -0.05) is 36.4 Å². The van der Waals surface area contributed by atoms with Gasteiger partial charge in [0.2, 0.25) is 0 Å². The van der Waals surface area contributed by atoms with Gasteiger partial charge in [-0.25, -0.2) is 0 Å². The summed E-state index contributed by atoms with van der Waals surface area (Å²) in [6.45, 7) is 1.79. The van der Waals surface area contributed by atoms with E-state index in [9.17, 15) is 9.59 Å². The van der Waals surface area contributed by atoms with Crippen molar-refractivity contribution in [3.05, 3.63) is 59.8 Å². The normalized spacial score (nSPS) is 17.7. The molecule has 0 aliphatic carbocycles. The maximum absolute atomic E-state index is 13.0. The lowest BCUT2D eigenvalue weighted by Crippen LogP contribution is -2.35. The minimum Gasteiger partial charge on any atom is -0.306 e. The van der Waals surface area contributed by atoms with Crippen molar-refractivity contribution in [2.75, 3.05) is 12.4 Å². The van der Waals surface area contributed by atoms with Crippen LogP contribution in [0.3, 0.4) is 0 Å². The smallest absolute Gasteiger partial charge is 0.265 e. The predicted molar refractivity (Wildman–Crippen MR) is 114 cm³/mol. The number of nitrogens with one attached hydrogen (secondary N) is 1. The number of aromatic nitrogens is 2. The first-order chi connectivity index (χ1) is 14.5. The number of fused-ring (bicyclic) bond motifs is 2. The molecular formula is C21H17N7O2. The molecule has 1 N–H and O–H groups in total. The van der Waals surface area contributed by atoms with E-state index < -0.39 is 5.92 Å². The molecule has 1 aromatic heterocycles. The molecule has 0 saturated heterocycles. The Morgan fingerprint density at radius 1 is 1.10 bits per heavy atom. The number of hydrazone groups is 1. The second-order valence-corrected chi connectivity index (χ2v) is 7.05. The monoisotopic (exact) mass is 399 g/mol. The van der Waals surface area contributed by atoms with Crippen LogP contribution in [-0.2, 0) is 4.79 Å². The first-order valence-electron chi connectivity index (χ1n) is 9.36. The van der Waals surface area contributed by atoms with Crippen LogP contribution in [0.15, 0.2) is 63.6 Å². The van der Waals surface area contributed by atoms with Crippen LogP contribution in [0.2, 0.25) is 0 Å². The average molecular weight is 399 g/mol. The lowest BCUT2D eigenvalue weighted by Gasteiger charge is -2.17. The minimum atomic E-state index is -0.580. The van der Waals surface area contributed by atoms with Gasteiger partial charge in [0.1, 0.15) is 17.6 Å². The minimum absolute atomic E-state index is 0.0879. The summed E-state index contributed by atoms with van der Waals surface area (Å²) in [4.78, 5) is 33.9. The summed E-state index contributed by atoms with van der Waals surface area (Å²) in [5.41, 5.74) is 1.19. The molecule has 9 heteroatoms. The lowest BCUT2D eigenvalue weighted by atomic mass is 10.0. The van der Waals surface area contributed by atoms with Crippen LogP contribution in [0, 0.1) is 12.8 Å². The molecule has 3 aromatic rings. The number of anilines is 1. The maximum Gasteiger partial charge on any atom is 0.265 e. The molecule has 0 spiro atoms. The van der Waals surface area contributed by atoms with Gasteiger partial charge < -0.3 is 5.32 Å². The van der Waals surface area contributed by atoms with Crippen molar-refractivity contribution in [1.82, 2.24) is 14.8 Å². The topological polar surface area (TPSA) is 104 Å². The third-order valence-corrected chi connectivity index (χ3v) is 4.99. The number of amidine groups is 1. The molecule has 0 saturated carbocycles. The Hall–Kier alpha value is -4.14. The molecule has 0 bridgehead atoms. The van der Waals surface area contributed by atoms with Crippen molar-refractivity contribution in [2.24, 2.45) is 21.0 Å². The van der Waals surface area contributed by atoms with Gasteiger partial charge in [-0.2, -0.15) is 24.9 Å². The van der Waals surface area contributed by atoms with E-state index in [0.717, 1.165) is 10.8 Å². The number of benzene rings is 2. The fraction of sp³-hybridized carbons (Fsp3) is 0.143. The van der Waals surface area contributed by atoms with Crippen LogP contribution in [-0.4, -0.2) is 51.7 Å². The first-order valence-corrected chi connectivity index (χ1v) is 9.36. The zero-order valence-electron chi connectivity index (χ0n) is 16.3. The Labute approximate surface area is 171 Å². The van der Waals surface area contributed by atoms with E-state index in [1.807, 2.05) is 36.4 Å². The van der Waals surface area contributed by atoms with Gasteiger partial charge in [0.15, 0.2) is 0 Å². The molecule has 2 amide bonds. The third-order valence-electron chi connectivity index (χ3n) is 4.99. The largest absolute Gasteiger partial charge is 0.306 e. The fourth-order valence-electron chi connectivity index (χ4n) is 3.55. The number of carbonyl (C=O) groups is 2. The Bertz CT molecular complexity index is 1300. The molecule has 2 aliphatic heterocycles. The number of aliphatic imine (C=N–C) groups is 2. The Morgan fingerprint density at radius 3 is 2.77 bits per heavy atom. The summed E-state index contributed by atoms with van der Waals surface area (Å²) in [7, 11) is 1.71. The SMILES string of the molecule is Cc1cc(NC(=O)c2cccc3ccccc23)n(C2=NC(=O)C3C=NN(C)C3=N2)n1. The summed E-state index contributed by atoms with van der Waals surface area (Å²) >= 11 is 0. The summed E-state index contributed by atoms with van der Waals surface area (Å²) in [5.74, 6) is -0.301. The summed E-state index contributed by atoms with van der Waals surface area (Å²) in [6, 6.07) is 14.9. The van der Waals surface area contributed by atoms with Gasteiger partial charge in [-0.05, 0) is 23.8 Å². The van der Waals surface area contributed by atoms with Crippen LogP contribution >= 0.6 is 0 Å². The van der Waals surface area contributed by atoms with E-state index in [-0.39, 0.29) is 17.8 Å². The second-order valence-electron chi connectivity index (χ2n) is 7.05. The Balaban J connectivity index is 1.51. The van der Waals surface area contributed by atoms with Crippen LogP contribution < -0.4 is 5.32 Å². The highest BCUT2D eigenvalue weighted by Crippen LogP contribution is 2.22. The van der Waals surface area contributed by atoms with E-state index in [0.29, 0.717) is 22.9 Å². The molecule has 9 nitrogen and oxygen atoms in total. The number of hydrogen-bond donors (Lipinski definition) is 1. The summed E-state index contributed by atoms with van der Waals surface area (Å²) < 4.78 is 1.37. The molecule has 3 heterocycles. The number of nitrogens with zero attached hydrogens (tertiary/aromatic N) is 6. The number of hydrogen-bond acceptors (Lipinski definition) is 6. The molecule has 0 fully saturated rings. The Morgan fingerprint density at radius 2 is 1.90 bits per heavy atom. The fourth-order valence-corrected chi connectivity index (χ4v) is 3.55. The number of aryl methyl sites for hydroxylation is 1. The quantitative estimate of drug-likeness (QED) is 0.714. The maximum atomic E-state index is 13.0. The van der Waals surface area contributed by atoms with Crippen LogP contribution in [0.25, 0.3) is 10.8 Å². The average Bonchev–Trinajstić information content (AvgIpc) is 3.30. The molecular weight excluding hydrogens is 382 g/mol. The number of carbonyl (C=O) groups excluding carboxylic acids is 2. The van der Waals surface area contributed by atoms with Crippen molar-refractivity contribution in [3.8, 4) is 0 Å². The standard InChI is InChI=1S/C21H17N7O2/c1-12-10-17(23-19(29)15-9-5-7-13-6-3-4-8-14(13)15)28(26-12)21-24-18-16(20(30)25-21)11-22-27(18)2/h3-11,16H,1-2H3,(H,23,29). The van der Waals surface area contributed by atoms with Gasteiger partial charge in [0, 0.05) is 24.9 Å². The van der Waals surface area contributed by atoms with Gasteiger partial charge in [-0.15, -0.1) is 0 Å². The van der Waals surface area contributed by atoms with E-state index in [2.05, 4.69) is 25.5 Å². The van der Waals surface area contributed by atoms with Crippen molar-refractivity contribution in [3.63, 3.8) is 0 Å². The van der Waals surface area contributed by atoms with Gasteiger partial charge in [-0.3, -0.25) is 14.6 Å². The summed E-state index contributed by atoms with van der Waals surface area (Å²) in [5, 5.41) is 14.7. The Kier molecular flexibility index (Phi) is 4.02. The zero-order valence-corrected chi connectivity index (χ0v) is 16.3. The highest BCUT2D eigenvalue weighted by molar-refractivity contribution is 6.24. The van der Waals surface area contributed by atoms with Crippen molar-refractivity contribution in [2.45, 2.75) is 6.92 Å². The zero-order chi connectivity index (χ0) is 20.8. The first kappa shape index (κ1) is 17.9. The predicted octanol–water partition coefficient (Wildman–Crippen LogP) is 2.29. The van der Waals surface area contributed by atoms with Gasteiger partial charge in [0.25, 0.3) is 17.8 Å². The van der Waals surface area contributed by atoms with Crippen LogP contribution in [0.1, 0.15) is 16.1 Å². The van der Waals surface area contributed by atoms with E-state index in [1.165, 1.54) is 15.9 Å². The number of amides is 2.